The van der Waals surface area contributed by atoms with Gasteiger partial charge >= 0.3 is 0 Å². The van der Waals surface area contributed by atoms with Gasteiger partial charge in [0.1, 0.15) is 0 Å². The first-order valence-electron chi connectivity index (χ1n) is 9.00. The molecule has 26 heavy (non-hydrogen) atoms. The second-order valence-corrected chi connectivity index (χ2v) is 7.08. The number of ether oxygens (including phenoxy) is 1. The number of para-hydroxylation sites is 1. The van der Waals surface area contributed by atoms with E-state index < -0.39 is 0 Å². The Hall–Kier alpha value is -2.83. The zero-order valence-electron chi connectivity index (χ0n) is 14.6. The average molecular weight is 352 g/mol. The Morgan fingerprint density at radius 1 is 1.31 bits per heavy atom. The molecule has 1 unspecified atom stereocenters. The smallest absolute Gasteiger partial charge is 0.289 e. The largest absolute Gasteiger partial charge is 0.493 e. The molecule has 1 saturated heterocycles. The van der Waals surface area contributed by atoms with Crippen LogP contribution in [0.25, 0.3) is 11.0 Å². The summed E-state index contributed by atoms with van der Waals surface area (Å²) in [4.78, 5) is 14.7. The highest BCUT2D eigenvalue weighted by Crippen LogP contribution is 2.39. The zero-order chi connectivity index (χ0) is 17.7. The van der Waals surface area contributed by atoms with Crippen molar-refractivity contribution in [3.63, 3.8) is 0 Å². The van der Waals surface area contributed by atoms with E-state index in [-0.39, 0.29) is 11.9 Å². The molecule has 0 N–H and O–H groups in total. The monoisotopic (exact) mass is 352 g/mol. The van der Waals surface area contributed by atoms with Crippen molar-refractivity contribution in [2.24, 2.45) is 0 Å². The van der Waals surface area contributed by atoms with Crippen LogP contribution in [0.2, 0.25) is 0 Å². The van der Waals surface area contributed by atoms with Crippen molar-refractivity contribution in [3.05, 3.63) is 41.9 Å². The molecule has 1 saturated carbocycles. The molecule has 0 spiro atoms. The number of likely N-dealkylation sites (tertiary alicyclic amines) is 1. The minimum atomic E-state index is -0.0896. The van der Waals surface area contributed by atoms with Crippen LogP contribution in [0.1, 0.15) is 47.5 Å². The van der Waals surface area contributed by atoms with Crippen LogP contribution in [0, 0.1) is 0 Å². The Bertz CT molecular complexity index is 972. The Kier molecular flexibility index (Phi) is 3.48. The third-order valence-electron chi connectivity index (χ3n) is 5.29. The summed E-state index contributed by atoms with van der Waals surface area (Å²) in [5.41, 5.74) is 1.69. The van der Waals surface area contributed by atoms with Gasteiger partial charge in [-0.1, -0.05) is 17.3 Å². The van der Waals surface area contributed by atoms with Crippen LogP contribution < -0.4 is 4.74 Å². The number of carbonyl (C=O) groups is 1. The molecule has 1 aliphatic carbocycles. The number of aromatic nitrogens is 3. The molecular formula is C19H20N4O3. The lowest BCUT2D eigenvalue weighted by molar-refractivity contribution is 0.0757. The molecule has 1 aliphatic heterocycles. The molecule has 7 nitrogen and oxygen atoms in total. The number of hydrogen-bond donors (Lipinski definition) is 0. The SMILES string of the molecule is COc1cccc2cc(C(=O)N3CCC(n4cc(C5CC5)nn4)C3)oc12. The number of rotatable bonds is 4. The summed E-state index contributed by atoms with van der Waals surface area (Å²) >= 11 is 0. The number of carbonyl (C=O) groups excluding carboxylic acids is 1. The maximum atomic E-state index is 12.9. The van der Waals surface area contributed by atoms with Gasteiger partial charge in [-0.3, -0.25) is 4.79 Å². The third kappa shape index (κ3) is 2.55. The maximum Gasteiger partial charge on any atom is 0.289 e. The highest BCUT2D eigenvalue weighted by atomic mass is 16.5. The normalized spacial score (nSPS) is 20.0. The number of fused-ring (bicyclic) bond motifs is 1. The first kappa shape index (κ1) is 15.4. The summed E-state index contributed by atoms with van der Waals surface area (Å²) in [6.45, 7) is 1.32. The van der Waals surface area contributed by atoms with Gasteiger partial charge in [-0.25, -0.2) is 4.68 Å². The Morgan fingerprint density at radius 2 is 2.19 bits per heavy atom. The van der Waals surface area contributed by atoms with Gasteiger partial charge in [0.15, 0.2) is 17.1 Å². The lowest BCUT2D eigenvalue weighted by Gasteiger charge is -2.14. The van der Waals surface area contributed by atoms with E-state index in [0.29, 0.717) is 36.1 Å². The van der Waals surface area contributed by atoms with E-state index in [4.69, 9.17) is 9.15 Å². The van der Waals surface area contributed by atoms with Gasteiger partial charge in [0, 0.05) is 30.6 Å². The molecule has 1 aromatic carbocycles. The molecule has 0 bridgehead atoms. The van der Waals surface area contributed by atoms with E-state index in [9.17, 15) is 4.79 Å². The van der Waals surface area contributed by atoms with Crippen LogP contribution in [0.5, 0.6) is 5.75 Å². The Morgan fingerprint density at radius 3 is 3.00 bits per heavy atom. The van der Waals surface area contributed by atoms with Gasteiger partial charge in [-0.15, -0.1) is 5.10 Å². The molecule has 3 aromatic rings. The Labute approximate surface area is 150 Å². The molecule has 5 rings (SSSR count). The van der Waals surface area contributed by atoms with E-state index in [2.05, 4.69) is 10.3 Å². The zero-order valence-corrected chi connectivity index (χ0v) is 14.6. The summed E-state index contributed by atoms with van der Waals surface area (Å²) in [6.07, 6.45) is 5.35. The summed E-state index contributed by atoms with van der Waals surface area (Å²) in [6, 6.07) is 7.60. The molecular weight excluding hydrogens is 332 g/mol. The minimum absolute atomic E-state index is 0.0896. The van der Waals surface area contributed by atoms with Crippen molar-refractivity contribution in [3.8, 4) is 5.75 Å². The van der Waals surface area contributed by atoms with E-state index >= 15 is 0 Å². The van der Waals surface area contributed by atoms with E-state index in [0.717, 1.165) is 17.5 Å². The summed E-state index contributed by atoms with van der Waals surface area (Å²) in [7, 11) is 1.60. The minimum Gasteiger partial charge on any atom is -0.493 e. The van der Waals surface area contributed by atoms with Crippen LogP contribution in [0.15, 0.2) is 34.9 Å². The summed E-state index contributed by atoms with van der Waals surface area (Å²) in [5, 5.41) is 9.42. The number of methoxy groups -OCH3 is 1. The van der Waals surface area contributed by atoms with Gasteiger partial charge in [-0.2, -0.15) is 0 Å². The standard InChI is InChI=1S/C19H20N4O3/c1-25-16-4-2-3-13-9-17(26-18(13)16)19(24)22-8-7-14(10-22)23-11-15(20-21-23)12-5-6-12/h2-4,9,11-12,14H,5-8,10H2,1H3. The molecule has 2 aromatic heterocycles. The van der Waals surface area contributed by atoms with Gasteiger partial charge < -0.3 is 14.1 Å². The van der Waals surface area contributed by atoms with Crippen LogP contribution in [0.4, 0.5) is 0 Å². The number of nitrogens with zero attached hydrogens (tertiary/aromatic N) is 4. The van der Waals surface area contributed by atoms with E-state index in [1.807, 2.05) is 34.0 Å². The van der Waals surface area contributed by atoms with Gasteiger partial charge in [0.25, 0.3) is 5.91 Å². The molecule has 0 radical (unpaired) electrons. The topological polar surface area (TPSA) is 73.4 Å². The van der Waals surface area contributed by atoms with Crippen molar-refractivity contribution in [1.82, 2.24) is 19.9 Å². The predicted octanol–water partition coefficient (Wildman–Crippen LogP) is 3.00. The highest BCUT2D eigenvalue weighted by molar-refractivity contribution is 5.97. The molecule has 1 amide bonds. The number of benzene rings is 1. The van der Waals surface area contributed by atoms with E-state index in [1.54, 1.807) is 13.2 Å². The van der Waals surface area contributed by atoms with Crippen LogP contribution >= 0.6 is 0 Å². The quantitative estimate of drug-likeness (QED) is 0.722. The molecule has 2 fully saturated rings. The fourth-order valence-corrected chi connectivity index (χ4v) is 3.64. The second kappa shape index (κ2) is 5.86. The lowest BCUT2D eigenvalue weighted by Crippen LogP contribution is -2.28. The van der Waals surface area contributed by atoms with Crippen molar-refractivity contribution in [2.45, 2.75) is 31.2 Å². The van der Waals surface area contributed by atoms with Crippen LogP contribution in [-0.4, -0.2) is 46.0 Å². The van der Waals surface area contributed by atoms with Crippen molar-refractivity contribution in [2.75, 3.05) is 20.2 Å². The highest BCUT2D eigenvalue weighted by Gasteiger charge is 2.32. The van der Waals surface area contributed by atoms with Crippen molar-refractivity contribution >= 4 is 16.9 Å². The first-order chi connectivity index (χ1) is 12.7. The third-order valence-corrected chi connectivity index (χ3v) is 5.29. The van der Waals surface area contributed by atoms with E-state index in [1.165, 1.54) is 12.8 Å². The molecule has 1 atom stereocenters. The summed E-state index contributed by atoms with van der Waals surface area (Å²) < 4.78 is 13.0. The fourth-order valence-electron chi connectivity index (χ4n) is 3.64. The number of hydrogen-bond acceptors (Lipinski definition) is 5. The Balaban J connectivity index is 1.34. The second-order valence-electron chi connectivity index (χ2n) is 7.08. The first-order valence-corrected chi connectivity index (χ1v) is 9.00. The average Bonchev–Trinajstić information content (AvgIpc) is 3.08. The molecule has 134 valence electrons. The number of amides is 1. The van der Waals surface area contributed by atoms with Gasteiger partial charge in [0.05, 0.1) is 18.8 Å². The van der Waals surface area contributed by atoms with Crippen molar-refractivity contribution < 1.29 is 13.9 Å². The maximum absolute atomic E-state index is 12.9. The predicted molar refractivity (Wildman–Crippen MR) is 94.3 cm³/mol. The van der Waals surface area contributed by atoms with Crippen molar-refractivity contribution in [1.29, 1.82) is 0 Å². The number of furan rings is 1. The molecule has 3 heterocycles. The fraction of sp³-hybridized carbons (Fsp3) is 0.421. The molecule has 2 aliphatic rings. The van der Waals surface area contributed by atoms with Crippen LogP contribution in [0.3, 0.4) is 0 Å². The lowest BCUT2D eigenvalue weighted by atomic mass is 10.2. The van der Waals surface area contributed by atoms with Gasteiger partial charge in [0.2, 0.25) is 0 Å². The van der Waals surface area contributed by atoms with Gasteiger partial charge in [-0.05, 0) is 31.4 Å². The summed E-state index contributed by atoms with van der Waals surface area (Å²) in [5.74, 6) is 1.49. The molecule has 7 heteroatoms. The van der Waals surface area contributed by atoms with Crippen LogP contribution in [-0.2, 0) is 0 Å².